The van der Waals surface area contributed by atoms with Crippen molar-refractivity contribution in [1.82, 2.24) is 10.2 Å². The number of rotatable bonds is 8. The summed E-state index contributed by atoms with van der Waals surface area (Å²) < 4.78 is 16.6. The highest BCUT2D eigenvalue weighted by molar-refractivity contribution is 5.84. The fraction of sp³-hybridized carbons (Fsp3) is 0.280. The molecule has 0 saturated heterocycles. The molecule has 2 heterocycles. The maximum absolute atomic E-state index is 12.6. The monoisotopic (exact) mass is 432 g/mol. The Morgan fingerprint density at radius 3 is 2.50 bits per heavy atom. The van der Waals surface area contributed by atoms with Gasteiger partial charge in [-0.25, -0.2) is 4.79 Å². The molecule has 0 atom stereocenters. The fourth-order valence-corrected chi connectivity index (χ4v) is 3.56. The Labute approximate surface area is 185 Å². The van der Waals surface area contributed by atoms with Crippen molar-refractivity contribution in [1.29, 1.82) is 0 Å². The molecule has 0 N–H and O–H groups in total. The summed E-state index contributed by atoms with van der Waals surface area (Å²) in [6, 6.07) is 14.5. The third-order valence-corrected chi connectivity index (χ3v) is 5.14. The lowest BCUT2D eigenvalue weighted by Gasteiger charge is -2.11. The molecule has 0 radical (unpaired) electrons. The van der Waals surface area contributed by atoms with E-state index in [0.717, 1.165) is 43.2 Å². The average molecular weight is 432 g/mol. The number of esters is 1. The van der Waals surface area contributed by atoms with Crippen molar-refractivity contribution in [3.8, 4) is 28.7 Å². The first-order chi connectivity index (χ1) is 15.5. The smallest absolute Gasteiger partial charge is 0.349 e. The number of hydrogen-bond donors (Lipinski definition) is 0. The molecule has 0 saturated carbocycles. The standard InChI is InChI=1S/C25H24N2O5/c1-3-4-5-7-12-18-13-19-14-20(25(29)31-22(19)15-21(18)30-16(2)28)24-27-26-23(32-24)17-10-8-6-9-11-17/h6,8-11,13-15H,3-5,7,12H2,1-2H3. The summed E-state index contributed by atoms with van der Waals surface area (Å²) >= 11 is 0. The van der Waals surface area contributed by atoms with E-state index >= 15 is 0 Å². The van der Waals surface area contributed by atoms with Gasteiger partial charge in [0.15, 0.2) is 0 Å². The van der Waals surface area contributed by atoms with Crippen LogP contribution >= 0.6 is 0 Å². The van der Waals surface area contributed by atoms with Crippen LogP contribution in [-0.4, -0.2) is 16.2 Å². The molecule has 7 heteroatoms. The molecule has 0 bridgehead atoms. The third kappa shape index (κ3) is 4.77. The summed E-state index contributed by atoms with van der Waals surface area (Å²) in [5.41, 5.74) is 1.56. The number of aryl methyl sites for hydroxylation is 1. The largest absolute Gasteiger partial charge is 0.426 e. The zero-order chi connectivity index (χ0) is 22.5. The van der Waals surface area contributed by atoms with E-state index in [1.54, 1.807) is 12.1 Å². The van der Waals surface area contributed by atoms with Crippen molar-refractivity contribution in [3.63, 3.8) is 0 Å². The maximum atomic E-state index is 12.6. The predicted molar refractivity (Wildman–Crippen MR) is 120 cm³/mol. The topological polar surface area (TPSA) is 95.4 Å². The summed E-state index contributed by atoms with van der Waals surface area (Å²) in [5, 5.41) is 8.78. The first-order valence-corrected chi connectivity index (χ1v) is 10.7. The lowest BCUT2D eigenvalue weighted by Crippen LogP contribution is -2.06. The van der Waals surface area contributed by atoms with Crippen molar-refractivity contribution in [2.75, 3.05) is 0 Å². The summed E-state index contributed by atoms with van der Waals surface area (Å²) in [6.07, 6.45) is 5.11. The Morgan fingerprint density at radius 1 is 0.969 bits per heavy atom. The molecular weight excluding hydrogens is 408 g/mol. The van der Waals surface area contributed by atoms with Crippen LogP contribution in [0.1, 0.15) is 45.1 Å². The van der Waals surface area contributed by atoms with Gasteiger partial charge in [-0.05, 0) is 42.7 Å². The van der Waals surface area contributed by atoms with Gasteiger partial charge >= 0.3 is 11.6 Å². The number of aromatic nitrogens is 2. The second-order valence-corrected chi connectivity index (χ2v) is 7.63. The average Bonchev–Trinajstić information content (AvgIpc) is 3.27. The van der Waals surface area contributed by atoms with Crippen molar-refractivity contribution in [2.24, 2.45) is 0 Å². The van der Waals surface area contributed by atoms with Crippen LogP contribution in [0.2, 0.25) is 0 Å². The molecule has 0 spiro atoms. The van der Waals surface area contributed by atoms with Gasteiger partial charge in [0, 0.05) is 23.9 Å². The maximum Gasteiger partial charge on any atom is 0.349 e. The highest BCUT2D eigenvalue weighted by atomic mass is 16.5. The van der Waals surface area contributed by atoms with Crippen molar-refractivity contribution < 1.29 is 18.4 Å². The minimum atomic E-state index is -0.606. The summed E-state index contributed by atoms with van der Waals surface area (Å²) in [5.74, 6) is 0.411. The van der Waals surface area contributed by atoms with E-state index in [1.807, 2.05) is 36.4 Å². The van der Waals surface area contributed by atoms with Gasteiger partial charge in [0.2, 0.25) is 5.89 Å². The van der Waals surface area contributed by atoms with Gasteiger partial charge < -0.3 is 13.6 Å². The van der Waals surface area contributed by atoms with Crippen LogP contribution in [-0.2, 0) is 11.2 Å². The number of benzene rings is 2. The molecule has 0 aliphatic carbocycles. The van der Waals surface area contributed by atoms with Crippen LogP contribution in [0.4, 0.5) is 0 Å². The van der Waals surface area contributed by atoms with E-state index in [9.17, 15) is 9.59 Å². The van der Waals surface area contributed by atoms with E-state index in [4.69, 9.17) is 13.6 Å². The number of carbonyl (C=O) groups is 1. The highest BCUT2D eigenvalue weighted by Crippen LogP contribution is 2.30. The Balaban J connectivity index is 1.72. The summed E-state index contributed by atoms with van der Waals surface area (Å²) in [7, 11) is 0. The molecule has 2 aromatic carbocycles. The minimum absolute atomic E-state index is 0.0908. The lowest BCUT2D eigenvalue weighted by molar-refractivity contribution is -0.131. The van der Waals surface area contributed by atoms with Crippen LogP contribution < -0.4 is 10.4 Å². The molecule has 4 rings (SSSR count). The minimum Gasteiger partial charge on any atom is -0.426 e. The lowest BCUT2D eigenvalue weighted by atomic mass is 10.0. The van der Waals surface area contributed by atoms with Gasteiger partial charge in [-0.1, -0.05) is 44.4 Å². The molecular formula is C25H24N2O5. The van der Waals surface area contributed by atoms with Crippen molar-refractivity contribution in [3.05, 3.63) is 64.5 Å². The zero-order valence-electron chi connectivity index (χ0n) is 18.1. The predicted octanol–water partition coefficient (Wildman–Crippen LogP) is 5.56. The van der Waals surface area contributed by atoms with E-state index in [0.29, 0.717) is 22.6 Å². The van der Waals surface area contributed by atoms with Gasteiger partial charge in [0.05, 0.1) is 0 Å². The van der Waals surface area contributed by atoms with Crippen LogP contribution in [0, 0.1) is 0 Å². The Kier molecular flexibility index (Phi) is 6.44. The van der Waals surface area contributed by atoms with Crippen molar-refractivity contribution >= 4 is 16.9 Å². The van der Waals surface area contributed by atoms with Crippen LogP contribution in [0.15, 0.2) is 62.2 Å². The Bertz CT molecular complexity index is 1290. The van der Waals surface area contributed by atoms with Crippen LogP contribution in [0.25, 0.3) is 33.9 Å². The van der Waals surface area contributed by atoms with E-state index in [2.05, 4.69) is 17.1 Å². The number of fused-ring (bicyclic) bond motifs is 1. The molecule has 164 valence electrons. The Morgan fingerprint density at radius 2 is 1.75 bits per heavy atom. The molecule has 0 fully saturated rings. The molecule has 7 nitrogen and oxygen atoms in total. The number of ether oxygens (including phenoxy) is 1. The molecule has 4 aromatic rings. The van der Waals surface area contributed by atoms with Gasteiger partial charge in [-0.2, -0.15) is 0 Å². The summed E-state index contributed by atoms with van der Waals surface area (Å²) in [4.78, 5) is 24.2. The molecule has 0 unspecified atom stereocenters. The molecule has 0 aliphatic rings. The van der Waals surface area contributed by atoms with E-state index in [1.165, 1.54) is 6.92 Å². The second-order valence-electron chi connectivity index (χ2n) is 7.63. The van der Waals surface area contributed by atoms with Crippen molar-refractivity contribution in [2.45, 2.75) is 46.0 Å². The van der Waals surface area contributed by atoms with Gasteiger partial charge in [0.25, 0.3) is 5.89 Å². The first-order valence-electron chi connectivity index (χ1n) is 10.7. The van der Waals surface area contributed by atoms with Gasteiger partial charge in [-0.3, -0.25) is 4.79 Å². The van der Waals surface area contributed by atoms with Gasteiger partial charge in [0.1, 0.15) is 16.9 Å². The molecule has 0 aliphatic heterocycles. The van der Waals surface area contributed by atoms with E-state index < -0.39 is 11.6 Å². The first kappa shape index (κ1) is 21.5. The number of hydrogen-bond acceptors (Lipinski definition) is 7. The third-order valence-electron chi connectivity index (χ3n) is 5.14. The molecule has 2 aromatic heterocycles. The SMILES string of the molecule is CCCCCCc1cc2cc(-c3nnc(-c4ccccc4)o3)c(=O)oc2cc1OC(C)=O. The molecule has 32 heavy (non-hydrogen) atoms. The summed E-state index contributed by atoms with van der Waals surface area (Å²) in [6.45, 7) is 3.51. The number of nitrogens with zero attached hydrogens (tertiary/aromatic N) is 2. The van der Waals surface area contributed by atoms with Crippen LogP contribution in [0.3, 0.4) is 0 Å². The Hall–Kier alpha value is -3.74. The second kappa shape index (κ2) is 9.60. The normalized spacial score (nSPS) is 11.1. The van der Waals surface area contributed by atoms with E-state index in [-0.39, 0.29) is 11.5 Å². The number of unbranched alkanes of at least 4 members (excludes halogenated alkanes) is 3. The quantitative estimate of drug-likeness (QED) is 0.156. The number of carbonyl (C=O) groups excluding carboxylic acids is 1. The highest BCUT2D eigenvalue weighted by Gasteiger charge is 2.18. The van der Waals surface area contributed by atoms with Gasteiger partial charge in [-0.15, -0.1) is 10.2 Å². The van der Waals surface area contributed by atoms with Crippen LogP contribution in [0.5, 0.6) is 5.75 Å². The molecule has 0 amide bonds. The zero-order valence-corrected chi connectivity index (χ0v) is 18.1. The fourth-order valence-electron chi connectivity index (χ4n) is 3.56.